The number of ether oxygens (including phenoxy) is 1. The van der Waals surface area contributed by atoms with Crippen molar-refractivity contribution in [2.75, 3.05) is 19.5 Å². The summed E-state index contributed by atoms with van der Waals surface area (Å²) in [7, 11) is 0. The summed E-state index contributed by atoms with van der Waals surface area (Å²) >= 11 is 1.50. The Labute approximate surface area is 122 Å². The molecule has 2 atom stereocenters. The smallest absolute Gasteiger partial charge is 0.258 e. The van der Waals surface area contributed by atoms with E-state index in [-0.39, 0.29) is 30.4 Å². The minimum atomic E-state index is -0.241. The molecule has 6 heteroatoms. The zero-order chi connectivity index (χ0) is 15.0. The lowest BCUT2D eigenvalue weighted by atomic mass is 10.2. The van der Waals surface area contributed by atoms with Crippen LogP contribution in [-0.4, -0.2) is 41.8 Å². The lowest BCUT2D eigenvalue weighted by Gasteiger charge is -2.21. The van der Waals surface area contributed by atoms with E-state index in [1.165, 1.54) is 11.8 Å². The van der Waals surface area contributed by atoms with Crippen molar-refractivity contribution in [2.24, 2.45) is 0 Å². The zero-order valence-corrected chi connectivity index (χ0v) is 12.3. The number of rotatable bonds is 7. The van der Waals surface area contributed by atoms with Crippen LogP contribution in [0.5, 0.6) is 5.75 Å². The van der Waals surface area contributed by atoms with Crippen molar-refractivity contribution in [3.8, 4) is 11.8 Å². The highest BCUT2D eigenvalue weighted by molar-refractivity contribution is 7.99. The van der Waals surface area contributed by atoms with Crippen molar-refractivity contribution >= 4 is 17.7 Å². The van der Waals surface area contributed by atoms with Gasteiger partial charge in [0.25, 0.3) is 5.91 Å². The first-order chi connectivity index (χ1) is 9.60. The lowest BCUT2D eigenvalue weighted by molar-refractivity contribution is -0.123. The van der Waals surface area contributed by atoms with Crippen molar-refractivity contribution < 1.29 is 14.6 Å². The van der Waals surface area contributed by atoms with Crippen LogP contribution >= 0.6 is 11.8 Å². The van der Waals surface area contributed by atoms with Crippen LogP contribution in [0, 0.1) is 11.3 Å². The van der Waals surface area contributed by atoms with Gasteiger partial charge in [0.05, 0.1) is 18.2 Å². The molecule has 0 aliphatic rings. The summed E-state index contributed by atoms with van der Waals surface area (Å²) in [6.45, 7) is 1.76. The third kappa shape index (κ3) is 5.11. The number of carbonyl (C=O) groups excluding carboxylic acids is 1. The molecule has 0 aliphatic carbocycles. The number of nitrogens with one attached hydrogen (secondary N) is 1. The molecule has 0 fully saturated rings. The van der Waals surface area contributed by atoms with Crippen LogP contribution < -0.4 is 10.1 Å². The van der Waals surface area contributed by atoms with Crippen LogP contribution in [0.25, 0.3) is 0 Å². The van der Waals surface area contributed by atoms with Gasteiger partial charge < -0.3 is 15.2 Å². The maximum atomic E-state index is 11.7. The van der Waals surface area contributed by atoms with Crippen LogP contribution in [0.4, 0.5) is 0 Å². The van der Waals surface area contributed by atoms with Gasteiger partial charge in [-0.05, 0) is 37.4 Å². The summed E-state index contributed by atoms with van der Waals surface area (Å²) in [4.78, 5) is 11.7. The quantitative estimate of drug-likeness (QED) is 0.788. The van der Waals surface area contributed by atoms with Gasteiger partial charge in [-0.15, -0.1) is 0 Å². The van der Waals surface area contributed by atoms with Crippen molar-refractivity contribution in [3.63, 3.8) is 0 Å². The minimum absolute atomic E-state index is 0.0130. The number of carbonyl (C=O) groups is 1. The van der Waals surface area contributed by atoms with Gasteiger partial charge in [-0.25, -0.2) is 0 Å². The fraction of sp³-hybridized carbons (Fsp3) is 0.429. The first-order valence-corrected chi connectivity index (χ1v) is 7.45. The Morgan fingerprint density at radius 3 is 2.65 bits per heavy atom. The number of aliphatic hydroxyl groups is 1. The van der Waals surface area contributed by atoms with Crippen molar-refractivity contribution in [2.45, 2.75) is 18.2 Å². The van der Waals surface area contributed by atoms with Crippen LogP contribution in [-0.2, 0) is 4.79 Å². The van der Waals surface area contributed by atoms with Gasteiger partial charge in [0.15, 0.2) is 6.61 Å². The molecule has 1 amide bonds. The van der Waals surface area contributed by atoms with Gasteiger partial charge in [-0.3, -0.25) is 4.79 Å². The normalized spacial score (nSPS) is 13.1. The number of hydrogen-bond acceptors (Lipinski definition) is 5. The molecule has 5 nitrogen and oxygen atoms in total. The maximum absolute atomic E-state index is 11.7. The Kier molecular flexibility index (Phi) is 6.91. The zero-order valence-electron chi connectivity index (χ0n) is 11.5. The van der Waals surface area contributed by atoms with Gasteiger partial charge in [0, 0.05) is 11.3 Å². The summed E-state index contributed by atoms with van der Waals surface area (Å²) in [5.41, 5.74) is 0.543. The Morgan fingerprint density at radius 1 is 1.50 bits per heavy atom. The number of hydrogen-bond donors (Lipinski definition) is 2. The van der Waals surface area contributed by atoms with Crippen LogP contribution in [0.1, 0.15) is 12.5 Å². The number of nitrogens with zero attached hydrogens (tertiary/aromatic N) is 1. The fourth-order valence-corrected chi connectivity index (χ4v) is 2.23. The number of benzene rings is 1. The predicted molar refractivity (Wildman–Crippen MR) is 78.6 cm³/mol. The van der Waals surface area contributed by atoms with Gasteiger partial charge in [-0.1, -0.05) is 0 Å². The molecule has 0 spiro atoms. The Hall–Kier alpha value is -1.71. The molecule has 0 heterocycles. The van der Waals surface area contributed by atoms with E-state index in [9.17, 15) is 4.79 Å². The topological polar surface area (TPSA) is 82.3 Å². The molecule has 0 radical (unpaired) electrons. The highest BCUT2D eigenvalue weighted by atomic mass is 32.2. The Balaban J connectivity index is 2.41. The van der Waals surface area contributed by atoms with Gasteiger partial charge in [-0.2, -0.15) is 17.0 Å². The minimum Gasteiger partial charge on any atom is -0.484 e. The predicted octanol–water partition coefficient (Wildman–Crippen LogP) is 1.17. The molecule has 0 aliphatic heterocycles. The lowest BCUT2D eigenvalue weighted by Crippen LogP contribution is -2.43. The van der Waals surface area contributed by atoms with Gasteiger partial charge in [0.2, 0.25) is 0 Å². The Morgan fingerprint density at radius 2 is 2.15 bits per heavy atom. The molecular weight excluding hydrogens is 276 g/mol. The fourth-order valence-electron chi connectivity index (χ4n) is 1.60. The number of aliphatic hydroxyl groups excluding tert-OH is 1. The molecule has 20 heavy (non-hydrogen) atoms. The van der Waals surface area contributed by atoms with Crippen molar-refractivity contribution in [1.29, 1.82) is 5.26 Å². The molecule has 2 unspecified atom stereocenters. The van der Waals surface area contributed by atoms with Crippen LogP contribution in [0.15, 0.2) is 24.3 Å². The first-order valence-electron chi connectivity index (χ1n) is 6.16. The SMILES string of the molecule is CSC(CO)C(C)NC(=O)COc1ccc(C#N)cc1. The largest absolute Gasteiger partial charge is 0.484 e. The molecule has 2 N–H and O–H groups in total. The summed E-state index contributed by atoms with van der Waals surface area (Å²) < 4.78 is 5.32. The standard InChI is InChI=1S/C14H18N2O3S/c1-10(13(8-17)20-2)16-14(18)9-19-12-5-3-11(7-15)4-6-12/h3-6,10,13,17H,8-9H2,1-2H3,(H,16,18). The molecule has 0 bridgehead atoms. The highest BCUT2D eigenvalue weighted by Gasteiger charge is 2.17. The van der Waals surface area contributed by atoms with Crippen molar-refractivity contribution in [1.82, 2.24) is 5.32 Å². The molecule has 1 aromatic carbocycles. The van der Waals surface area contributed by atoms with E-state index < -0.39 is 0 Å². The second kappa shape index (κ2) is 8.46. The van der Waals surface area contributed by atoms with E-state index in [1.54, 1.807) is 24.3 Å². The average Bonchev–Trinajstić information content (AvgIpc) is 2.47. The van der Waals surface area contributed by atoms with Crippen LogP contribution in [0.3, 0.4) is 0 Å². The van der Waals surface area contributed by atoms with Crippen LogP contribution in [0.2, 0.25) is 0 Å². The summed E-state index contributed by atoms with van der Waals surface area (Å²) in [6.07, 6.45) is 1.89. The second-order valence-electron chi connectivity index (χ2n) is 4.24. The summed E-state index contributed by atoms with van der Waals surface area (Å²) in [5, 5.41) is 20.5. The van der Waals surface area contributed by atoms with E-state index in [0.29, 0.717) is 11.3 Å². The Bertz CT molecular complexity index is 466. The van der Waals surface area contributed by atoms with Gasteiger partial charge >= 0.3 is 0 Å². The molecule has 0 aromatic heterocycles. The number of amides is 1. The summed E-state index contributed by atoms with van der Waals surface area (Å²) in [5.74, 6) is 0.296. The van der Waals surface area contributed by atoms with E-state index in [0.717, 1.165) is 0 Å². The third-order valence-corrected chi connectivity index (χ3v) is 3.95. The molecular formula is C14H18N2O3S. The summed E-state index contributed by atoms with van der Waals surface area (Å²) in [6, 6.07) is 8.43. The number of thioether (sulfide) groups is 1. The molecule has 0 saturated carbocycles. The first kappa shape index (κ1) is 16.3. The van der Waals surface area contributed by atoms with Gasteiger partial charge in [0.1, 0.15) is 5.75 Å². The molecule has 1 aromatic rings. The van der Waals surface area contributed by atoms with Crippen molar-refractivity contribution in [3.05, 3.63) is 29.8 Å². The molecule has 0 saturated heterocycles. The monoisotopic (exact) mass is 294 g/mol. The third-order valence-electron chi connectivity index (χ3n) is 2.78. The van der Waals surface area contributed by atoms with E-state index in [4.69, 9.17) is 15.1 Å². The number of nitriles is 1. The molecule has 108 valence electrons. The maximum Gasteiger partial charge on any atom is 0.258 e. The van der Waals surface area contributed by atoms with E-state index >= 15 is 0 Å². The highest BCUT2D eigenvalue weighted by Crippen LogP contribution is 2.12. The molecule has 1 rings (SSSR count). The van der Waals surface area contributed by atoms with E-state index in [1.807, 2.05) is 19.2 Å². The average molecular weight is 294 g/mol. The second-order valence-corrected chi connectivity index (χ2v) is 5.31. The van der Waals surface area contributed by atoms with E-state index in [2.05, 4.69) is 5.32 Å².